The first-order valence-corrected chi connectivity index (χ1v) is 5.94. The van der Waals surface area contributed by atoms with Crippen molar-refractivity contribution in [1.29, 1.82) is 5.26 Å². The van der Waals surface area contributed by atoms with Crippen molar-refractivity contribution in [2.45, 2.75) is 19.9 Å². The number of rotatable bonds is 4. The highest BCUT2D eigenvalue weighted by molar-refractivity contribution is 9.10. The van der Waals surface area contributed by atoms with Crippen LogP contribution in [0.15, 0.2) is 22.7 Å². The predicted molar refractivity (Wildman–Crippen MR) is 68.7 cm³/mol. The predicted octanol–water partition coefficient (Wildman–Crippen LogP) is 2.84. The van der Waals surface area contributed by atoms with E-state index in [9.17, 15) is 4.79 Å². The van der Waals surface area contributed by atoms with Crippen LogP contribution in [0.2, 0.25) is 0 Å². The Morgan fingerprint density at radius 1 is 1.53 bits per heavy atom. The molecule has 0 fully saturated rings. The number of nitrogens with one attached hydrogen (secondary N) is 1. The smallest absolute Gasteiger partial charge is 0.326 e. The van der Waals surface area contributed by atoms with Crippen LogP contribution in [0.3, 0.4) is 0 Å². The largest absolute Gasteiger partial charge is 0.480 e. The molecule has 0 amide bonds. The fourth-order valence-electron chi connectivity index (χ4n) is 1.42. The van der Waals surface area contributed by atoms with Crippen LogP contribution in [0.25, 0.3) is 0 Å². The zero-order valence-corrected chi connectivity index (χ0v) is 11.2. The lowest BCUT2D eigenvalue weighted by Gasteiger charge is -2.19. The number of carboxylic acid groups (broad SMARTS) is 1. The molecule has 0 aliphatic carbocycles. The van der Waals surface area contributed by atoms with Gasteiger partial charge in [0.05, 0.1) is 11.3 Å². The summed E-state index contributed by atoms with van der Waals surface area (Å²) in [6, 6.07) is 6.44. The normalized spacial score (nSPS) is 11.9. The number of nitriles is 1. The molecule has 0 heterocycles. The molecule has 4 nitrogen and oxygen atoms in total. The van der Waals surface area contributed by atoms with Gasteiger partial charge in [-0.15, -0.1) is 0 Å². The van der Waals surface area contributed by atoms with Crippen molar-refractivity contribution < 1.29 is 9.90 Å². The molecule has 17 heavy (non-hydrogen) atoms. The van der Waals surface area contributed by atoms with E-state index in [1.807, 2.05) is 19.9 Å². The molecule has 0 bridgehead atoms. The Labute approximate surface area is 108 Å². The van der Waals surface area contributed by atoms with Crippen molar-refractivity contribution in [3.8, 4) is 6.07 Å². The van der Waals surface area contributed by atoms with Crippen molar-refractivity contribution in [1.82, 2.24) is 0 Å². The zero-order valence-electron chi connectivity index (χ0n) is 9.57. The molecule has 2 N–H and O–H groups in total. The van der Waals surface area contributed by atoms with Crippen molar-refractivity contribution in [3.05, 3.63) is 28.2 Å². The summed E-state index contributed by atoms with van der Waals surface area (Å²) in [6.07, 6.45) is 0. The molecular weight excluding hydrogens is 284 g/mol. The van der Waals surface area contributed by atoms with E-state index in [2.05, 4.69) is 21.2 Å². The number of aliphatic carboxylic acids is 1. The van der Waals surface area contributed by atoms with Gasteiger partial charge in [-0.05, 0) is 24.1 Å². The summed E-state index contributed by atoms with van der Waals surface area (Å²) in [5.74, 6) is -0.991. The number of benzene rings is 1. The number of carbonyl (C=O) groups is 1. The summed E-state index contributed by atoms with van der Waals surface area (Å²) in [6.45, 7) is 3.63. The summed E-state index contributed by atoms with van der Waals surface area (Å²) in [4.78, 5) is 11.1. The first kappa shape index (κ1) is 13.5. The molecule has 0 aromatic heterocycles. The van der Waals surface area contributed by atoms with E-state index in [-0.39, 0.29) is 5.92 Å². The van der Waals surface area contributed by atoms with Crippen LogP contribution >= 0.6 is 15.9 Å². The lowest BCUT2D eigenvalue weighted by atomic mass is 10.0. The number of hydrogen-bond acceptors (Lipinski definition) is 3. The van der Waals surface area contributed by atoms with Gasteiger partial charge in [-0.1, -0.05) is 29.8 Å². The Hall–Kier alpha value is -1.54. The van der Waals surface area contributed by atoms with Gasteiger partial charge in [0.1, 0.15) is 12.1 Å². The quantitative estimate of drug-likeness (QED) is 0.896. The van der Waals surface area contributed by atoms with Crippen molar-refractivity contribution in [2.75, 3.05) is 5.32 Å². The van der Waals surface area contributed by atoms with Crippen molar-refractivity contribution >= 4 is 27.6 Å². The van der Waals surface area contributed by atoms with Gasteiger partial charge >= 0.3 is 5.97 Å². The van der Waals surface area contributed by atoms with Crippen LogP contribution in [-0.2, 0) is 4.79 Å². The highest BCUT2D eigenvalue weighted by Gasteiger charge is 2.21. The Morgan fingerprint density at radius 3 is 2.65 bits per heavy atom. The summed E-state index contributed by atoms with van der Waals surface area (Å²) >= 11 is 3.27. The molecule has 1 unspecified atom stereocenters. The standard InChI is InChI=1S/C12H13BrN2O2/c1-7(2)11(12(16)17)15-10-4-3-9(13)5-8(10)6-14/h3-5,7,11,15H,1-2H3,(H,16,17). The van der Waals surface area contributed by atoms with Crippen molar-refractivity contribution in [2.24, 2.45) is 5.92 Å². The minimum Gasteiger partial charge on any atom is -0.480 e. The van der Waals surface area contributed by atoms with Gasteiger partial charge in [-0.3, -0.25) is 0 Å². The second-order valence-corrected chi connectivity index (χ2v) is 4.92. The minimum absolute atomic E-state index is 0.0670. The monoisotopic (exact) mass is 296 g/mol. The van der Waals surface area contributed by atoms with Gasteiger partial charge in [0.2, 0.25) is 0 Å². The SMILES string of the molecule is CC(C)C(Nc1ccc(Br)cc1C#N)C(=O)O. The highest BCUT2D eigenvalue weighted by Crippen LogP contribution is 2.22. The van der Waals surface area contributed by atoms with E-state index in [4.69, 9.17) is 10.4 Å². The molecule has 0 radical (unpaired) electrons. The first-order valence-electron chi connectivity index (χ1n) is 5.14. The van der Waals surface area contributed by atoms with Crippen LogP contribution in [0.1, 0.15) is 19.4 Å². The summed E-state index contributed by atoms with van der Waals surface area (Å²) < 4.78 is 0.788. The molecule has 0 aliphatic heterocycles. The topological polar surface area (TPSA) is 73.1 Å². The highest BCUT2D eigenvalue weighted by atomic mass is 79.9. The molecule has 5 heteroatoms. The maximum atomic E-state index is 11.1. The Bertz CT molecular complexity index is 466. The number of nitrogens with zero attached hydrogens (tertiary/aromatic N) is 1. The number of halogens is 1. The second kappa shape index (κ2) is 5.69. The zero-order chi connectivity index (χ0) is 13.0. The van der Waals surface area contributed by atoms with E-state index < -0.39 is 12.0 Å². The van der Waals surface area contributed by atoms with Gasteiger partial charge < -0.3 is 10.4 Å². The second-order valence-electron chi connectivity index (χ2n) is 4.01. The number of carboxylic acids is 1. The van der Waals surface area contributed by atoms with E-state index in [0.717, 1.165) is 4.47 Å². The lowest BCUT2D eigenvalue weighted by Crippen LogP contribution is -2.34. The van der Waals surface area contributed by atoms with Crippen LogP contribution in [-0.4, -0.2) is 17.1 Å². The molecule has 90 valence electrons. The van der Waals surface area contributed by atoms with Crippen LogP contribution in [0.5, 0.6) is 0 Å². The van der Waals surface area contributed by atoms with Gasteiger partial charge in [0.15, 0.2) is 0 Å². The van der Waals surface area contributed by atoms with Gasteiger partial charge in [-0.25, -0.2) is 4.79 Å². The average Bonchev–Trinajstić information content (AvgIpc) is 2.26. The molecule has 0 spiro atoms. The van der Waals surface area contributed by atoms with Crippen LogP contribution < -0.4 is 5.32 Å². The third kappa shape index (κ3) is 3.46. The van der Waals surface area contributed by atoms with Crippen molar-refractivity contribution in [3.63, 3.8) is 0 Å². The molecule has 0 saturated heterocycles. The fourth-order valence-corrected chi connectivity index (χ4v) is 1.78. The molecule has 0 saturated carbocycles. The van der Waals surface area contributed by atoms with Crippen LogP contribution in [0, 0.1) is 17.2 Å². The molecule has 1 atom stereocenters. The molecular formula is C12H13BrN2O2. The van der Waals surface area contributed by atoms with Gasteiger partial charge in [-0.2, -0.15) is 5.26 Å². The van der Waals surface area contributed by atoms with E-state index in [1.54, 1.807) is 18.2 Å². The Balaban J connectivity index is 3.02. The maximum absolute atomic E-state index is 11.1. The number of hydrogen-bond donors (Lipinski definition) is 2. The molecule has 0 aliphatic rings. The number of anilines is 1. The van der Waals surface area contributed by atoms with Gasteiger partial charge in [0.25, 0.3) is 0 Å². The molecule has 1 aromatic rings. The Morgan fingerprint density at radius 2 is 2.18 bits per heavy atom. The summed E-state index contributed by atoms with van der Waals surface area (Å²) in [5, 5.41) is 20.9. The first-order chi connectivity index (χ1) is 7.95. The van der Waals surface area contributed by atoms with E-state index in [0.29, 0.717) is 11.3 Å². The lowest BCUT2D eigenvalue weighted by molar-refractivity contribution is -0.138. The fraction of sp³-hybridized carbons (Fsp3) is 0.333. The minimum atomic E-state index is -0.924. The summed E-state index contributed by atoms with van der Waals surface area (Å²) in [5.41, 5.74) is 0.961. The summed E-state index contributed by atoms with van der Waals surface area (Å²) in [7, 11) is 0. The molecule has 1 aromatic carbocycles. The molecule has 1 rings (SSSR count). The van der Waals surface area contributed by atoms with Crippen LogP contribution in [0.4, 0.5) is 5.69 Å². The Kier molecular flexibility index (Phi) is 4.53. The van der Waals surface area contributed by atoms with E-state index in [1.165, 1.54) is 0 Å². The average molecular weight is 297 g/mol. The third-order valence-corrected chi connectivity index (χ3v) is 2.84. The van der Waals surface area contributed by atoms with Gasteiger partial charge in [0, 0.05) is 4.47 Å². The third-order valence-electron chi connectivity index (χ3n) is 2.35. The maximum Gasteiger partial charge on any atom is 0.326 e. The van der Waals surface area contributed by atoms with E-state index >= 15 is 0 Å².